The van der Waals surface area contributed by atoms with Crippen molar-refractivity contribution in [3.05, 3.63) is 34.0 Å². The Morgan fingerprint density at radius 2 is 2.05 bits per heavy atom. The summed E-state index contributed by atoms with van der Waals surface area (Å²) in [6.07, 6.45) is 0.275. The van der Waals surface area contributed by atoms with Gasteiger partial charge < -0.3 is 14.8 Å². The quantitative estimate of drug-likeness (QED) is 0.881. The number of hydrogen-bond donors (Lipinski definition) is 2. The van der Waals surface area contributed by atoms with E-state index in [4.69, 9.17) is 4.42 Å². The molecule has 0 bridgehead atoms. The highest BCUT2D eigenvalue weighted by Crippen LogP contribution is 2.29. The van der Waals surface area contributed by atoms with Gasteiger partial charge in [-0.3, -0.25) is 4.79 Å². The van der Waals surface area contributed by atoms with Crippen LogP contribution in [0.15, 0.2) is 27.1 Å². The summed E-state index contributed by atoms with van der Waals surface area (Å²) >= 11 is 3.39. The van der Waals surface area contributed by atoms with E-state index in [1.165, 1.54) is 6.92 Å². The smallest absolute Gasteiger partial charge is 0.329 e. The molecule has 0 saturated carbocycles. The van der Waals surface area contributed by atoms with Crippen LogP contribution in [0.3, 0.4) is 0 Å². The van der Waals surface area contributed by atoms with Crippen LogP contribution in [0.5, 0.6) is 0 Å². The van der Waals surface area contributed by atoms with Gasteiger partial charge in [0.25, 0.3) is 5.91 Å². The summed E-state index contributed by atoms with van der Waals surface area (Å²) in [5.74, 6) is -1.52. The zero-order valence-electron chi connectivity index (χ0n) is 12.0. The van der Waals surface area contributed by atoms with Crippen LogP contribution in [-0.4, -0.2) is 22.5 Å². The second kappa shape index (κ2) is 5.52. The molecule has 0 aliphatic heterocycles. The maximum Gasteiger partial charge on any atom is 0.329 e. The Bertz CT molecular complexity index is 722. The molecule has 0 fully saturated rings. The molecule has 0 aliphatic carbocycles. The molecule has 112 valence electrons. The van der Waals surface area contributed by atoms with Gasteiger partial charge in [-0.15, -0.1) is 0 Å². The number of carbonyl (C=O) groups excluding carboxylic acids is 1. The second-order valence-electron chi connectivity index (χ2n) is 5.22. The molecule has 21 heavy (non-hydrogen) atoms. The topological polar surface area (TPSA) is 79.5 Å². The largest absolute Gasteiger partial charge is 0.480 e. The van der Waals surface area contributed by atoms with E-state index in [9.17, 15) is 14.7 Å². The lowest BCUT2D eigenvalue weighted by Crippen LogP contribution is -2.51. The molecule has 1 atom stereocenters. The normalized spacial score (nSPS) is 13.9. The lowest BCUT2D eigenvalue weighted by Gasteiger charge is -2.23. The van der Waals surface area contributed by atoms with Gasteiger partial charge in [-0.2, -0.15) is 0 Å². The highest BCUT2D eigenvalue weighted by atomic mass is 79.9. The molecule has 1 heterocycles. The van der Waals surface area contributed by atoms with Crippen molar-refractivity contribution in [2.45, 2.75) is 32.7 Å². The number of furan rings is 1. The molecule has 1 amide bonds. The standard InChI is InChI=1S/C15H16BrNO4/c1-4-15(3,14(19)20)17-13(18)11-7-9-5-8(2)6-10(16)12(9)21-11/h5-7H,4H2,1-3H3,(H,17,18)(H,19,20). The molecule has 6 heteroatoms. The molecule has 1 aromatic heterocycles. The van der Waals surface area contributed by atoms with Crippen molar-refractivity contribution < 1.29 is 19.1 Å². The molecule has 0 spiro atoms. The van der Waals surface area contributed by atoms with Gasteiger partial charge in [0.05, 0.1) is 4.47 Å². The molecule has 2 N–H and O–H groups in total. The molecule has 5 nitrogen and oxygen atoms in total. The van der Waals surface area contributed by atoms with Crippen LogP contribution in [-0.2, 0) is 4.79 Å². The maximum atomic E-state index is 12.2. The van der Waals surface area contributed by atoms with Gasteiger partial charge in [0, 0.05) is 5.39 Å². The van der Waals surface area contributed by atoms with E-state index in [1.54, 1.807) is 13.0 Å². The molecule has 2 aromatic rings. The van der Waals surface area contributed by atoms with Crippen LogP contribution in [0, 0.1) is 6.92 Å². The minimum absolute atomic E-state index is 0.0947. The van der Waals surface area contributed by atoms with Gasteiger partial charge in [0.2, 0.25) is 0 Å². The Balaban J connectivity index is 2.36. The average Bonchev–Trinajstić information content (AvgIpc) is 2.82. The zero-order valence-corrected chi connectivity index (χ0v) is 13.6. The first-order chi connectivity index (χ1) is 9.76. The van der Waals surface area contributed by atoms with Crippen molar-refractivity contribution >= 4 is 38.8 Å². The fraction of sp³-hybridized carbons (Fsp3) is 0.333. The summed E-state index contributed by atoms with van der Waals surface area (Å²) in [7, 11) is 0. The fourth-order valence-corrected chi connectivity index (χ4v) is 2.64. The molecular formula is C15H16BrNO4. The number of fused-ring (bicyclic) bond motifs is 1. The zero-order chi connectivity index (χ0) is 15.8. The lowest BCUT2D eigenvalue weighted by molar-refractivity contribution is -0.143. The van der Waals surface area contributed by atoms with Crippen molar-refractivity contribution in [2.75, 3.05) is 0 Å². The summed E-state index contributed by atoms with van der Waals surface area (Å²) in [4.78, 5) is 23.4. The van der Waals surface area contributed by atoms with Crippen molar-refractivity contribution in [1.82, 2.24) is 5.32 Å². The number of carboxylic acids is 1. The van der Waals surface area contributed by atoms with Crippen LogP contribution in [0.2, 0.25) is 0 Å². The highest BCUT2D eigenvalue weighted by molar-refractivity contribution is 9.10. The SMILES string of the molecule is CCC(C)(NC(=O)c1cc2cc(C)cc(Br)c2o1)C(=O)O. The summed E-state index contributed by atoms with van der Waals surface area (Å²) in [5.41, 5.74) is 0.286. The van der Waals surface area contributed by atoms with Crippen molar-refractivity contribution in [3.63, 3.8) is 0 Å². The van der Waals surface area contributed by atoms with Crippen LogP contribution < -0.4 is 5.32 Å². The first-order valence-corrected chi connectivity index (χ1v) is 7.31. The van der Waals surface area contributed by atoms with Gasteiger partial charge in [-0.25, -0.2) is 4.79 Å². The van der Waals surface area contributed by atoms with Crippen LogP contribution >= 0.6 is 15.9 Å². The van der Waals surface area contributed by atoms with E-state index in [1.807, 2.05) is 19.1 Å². The molecule has 0 saturated heterocycles. The van der Waals surface area contributed by atoms with E-state index >= 15 is 0 Å². The number of aryl methyl sites for hydroxylation is 1. The molecule has 0 aliphatic rings. The summed E-state index contributed by atoms with van der Waals surface area (Å²) in [6, 6.07) is 5.40. The molecule has 0 radical (unpaired) electrons. The van der Waals surface area contributed by atoms with Crippen molar-refractivity contribution in [1.29, 1.82) is 0 Å². The Labute approximate surface area is 130 Å². The minimum Gasteiger partial charge on any atom is -0.480 e. The van der Waals surface area contributed by atoms with Crippen molar-refractivity contribution in [2.24, 2.45) is 0 Å². The first-order valence-electron chi connectivity index (χ1n) is 6.52. The third-order valence-corrected chi connectivity index (χ3v) is 4.10. The number of aliphatic carboxylic acids is 1. The van der Waals surface area contributed by atoms with Gasteiger partial charge in [0.1, 0.15) is 11.1 Å². The number of halogens is 1. The number of hydrogen-bond acceptors (Lipinski definition) is 3. The number of benzene rings is 1. The monoisotopic (exact) mass is 353 g/mol. The molecule has 2 rings (SSSR count). The second-order valence-corrected chi connectivity index (χ2v) is 6.08. The maximum absolute atomic E-state index is 12.2. The number of nitrogens with one attached hydrogen (secondary N) is 1. The molecule has 1 unspecified atom stereocenters. The van der Waals surface area contributed by atoms with Crippen LogP contribution in [0.25, 0.3) is 11.0 Å². The van der Waals surface area contributed by atoms with E-state index in [0.717, 1.165) is 15.4 Å². The van der Waals surface area contributed by atoms with Crippen molar-refractivity contribution in [3.8, 4) is 0 Å². The van der Waals surface area contributed by atoms with Crippen LogP contribution in [0.1, 0.15) is 36.4 Å². The van der Waals surface area contributed by atoms with Crippen LogP contribution in [0.4, 0.5) is 0 Å². The lowest BCUT2D eigenvalue weighted by atomic mass is 9.99. The number of rotatable bonds is 4. The van der Waals surface area contributed by atoms with E-state index in [0.29, 0.717) is 5.58 Å². The first kappa shape index (κ1) is 15.6. The molecular weight excluding hydrogens is 338 g/mol. The minimum atomic E-state index is -1.32. The number of carbonyl (C=O) groups is 2. The third kappa shape index (κ3) is 2.95. The predicted octanol–water partition coefficient (Wildman–Crippen LogP) is 3.49. The highest BCUT2D eigenvalue weighted by Gasteiger charge is 2.34. The number of amides is 1. The summed E-state index contributed by atoms with van der Waals surface area (Å²) in [5, 5.41) is 12.5. The van der Waals surface area contributed by atoms with Gasteiger partial charge >= 0.3 is 5.97 Å². The predicted molar refractivity (Wildman–Crippen MR) is 82.4 cm³/mol. The average molecular weight is 354 g/mol. The van der Waals surface area contributed by atoms with Gasteiger partial charge in [0.15, 0.2) is 5.76 Å². The Morgan fingerprint density at radius 3 is 2.62 bits per heavy atom. The van der Waals surface area contributed by atoms with Gasteiger partial charge in [-0.05, 0) is 60.0 Å². The number of carboxylic acid groups (broad SMARTS) is 1. The molecule has 1 aromatic carbocycles. The Kier molecular flexibility index (Phi) is 4.09. The van der Waals surface area contributed by atoms with E-state index in [-0.39, 0.29) is 12.2 Å². The third-order valence-electron chi connectivity index (χ3n) is 3.51. The fourth-order valence-electron chi connectivity index (χ4n) is 1.97. The van der Waals surface area contributed by atoms with Gasteiger partial charge in [-0.1, -0.05) is 6.92 Å². The van der Waals surface area contributed by atoms with E-state index < -0.39 is 17.4 Å². The summed E-state index contributed by atoms with van der Waals surface area (Å²) < 4.78 is 6.29. The van der Waals surface area contributed by atoms with E-state index in [2.05, 4.69) is 21.2 Å². The Hall–Kier alpha value is -1.82. The summed E-state index contributed by atoms with van der Waals surface area (Å²) in [6.45, 7) is 5.11. The Morgan fingerprint density at radius 1 is 1.38 bits per heavy atom.